The van der Waals surface area contributed by atoms with E-state index in [0.717, 1.165) is 38.0 Å². The molecule has 0 aromatic heterocycles. The number of piperidine rings is 1. The van der Waals surface area contributed by atoms with Crippen LogP contribution in [0.25, 0.3) is 0 Å². The predicted molar refractivity (Wildman–Crippen MR) is 104 cm³/mol. The lowest BCUT2D eigenvalue weighted by Crippen LogP contribution is -2.43. The summed E-state index contributed by atoms with van der Waals surface area (Å²) in [5.74, 6) is 1.71. The van der Waals surface area contributed by atoms with Gasteiger partial charge in [0.05, 0.1) is 19.6 Å². The lowest BCUT2D eigenvalue weighted by Gasteiger charge is -2.37. The van der Waals surface area contributed by atoms with Crippen LogP contribution in [-0.2, 0) is 11.2 Å². The Morgan fingerprint density at radius 1 is 1.22 bits per heavy atom. The Balaban J connectivity index is 1.69. The molecule has 0 bridgehead atoms. The number of nitrogens with zero attached hydrogens (tertiary/aromatic N) is 1. The van der Waals surface area contributed by atoms with E-state index in [9.17, 15) is 9.90 Å². The van der Waals surface area contributed by atoms with E-state index in [1.807, 2.05) is 36.9 Å². The Morgan fingerprint density at radius 2 is 1.93 bits per heavy atom. The second kappa shape index (κ2) is 8.93. The molecular formula is C21H32N2O4. The summed E-state index contributed by atoms with van der Waals surface area (Å²) in [6, 6.07) is 5.73. The van der Waals surface area contributed by atoms with Crippen molar-refractivity contribution in [2.75, 3.05) is 46.0 Å². The van der Waals surface area contributed by atoms with E-state index in [4.69, 9.17) is 9.47 Å². The van der Waals surface area contributed by atoms with Crippen LogP contribution < -0.4 is 14.8 Å². The lowest BCUT2D eigenvalue weighted by atomic mass is 9.71. The number of aliphatic hydroxyl groups is 1. The average Bonchev–Trinajstić information content (AvgIpc) is 3.02. The van der Waals surface area contributed by atoms with Gasteiger partial charge in [-0.1, -0.05) is 6.07 Å². The quantitative estimate of drug-likeness (QED) is 0.760. The summed E-state index contributed by atoms with van der Waals surface area (Å²) in [4.78, 5) is 14.9. The van der Waals surface area contributed by atoms with Gasteiger partial charge in [-0.05, 0) is 62.9 Å². The zero-order valence-electron chi connectivity index (χ0n) is 16.5. The van der Waals surface area contributed by atoms with Gasteiger partial charge in [0.15, 0.2) is 11.5 Å². The summed E-state index contributed by atoms with van der Waals surface area (Å²) in [5, 5.41) is 13.2. The van der Waals surface area contributed by atoms with E-state index < -0.39 is 0 Å². The number of amides is 1. The average molecular weight is 376 g/mol. The highest BCUT2D eigenvalue weighted by Gasteiger charge is 2.47. The summed E-state index contributed by atoms with van der Waals surface area (Å²) in [6.07, 6.45) is 2.40. The third-order valence-corrected chi connectivity index (χ3v) is 5.95. The topological polar surface area (TPSA) is 71.0 Å². The van der Waals surface area contributed by atoms with Crippen molar-refractivity contribution in [1.82, 2.24) is 10.2 Å². The number of carbonyl (C=O) groups excluding carboxylic acids is 1. The second-order valence-corrected chi connectivity index (χ2v) is 7.59. The SMILES string of the molecule is CCOc1ccc(CC(=O)N2CC(CO)C3(CCNCC3)C2)cc1OCC. The third-order valence-electron chi connectivity index (χ3n) is 5.95. The van der Waals surface area contributed by atoms with Crippen LogP contribution in [0.4, 0.5) is 0 Å². The first-order chi connectivity index (χ1) is 13.1. The van der Waals surface area contributed by atoms with Gasteiger partial charge >= 0.3 is 0 Å². The van der Waals surface area contributed by atoms with Crippen LogP contribution in [-0.4, -0.2) is 61.9 Å². The molecule has 1 aromatic carbocycles. The molecular weight excluding hydrogens is 344 g/mol. The van der Waals surface area contributed by atoms with Gasteiger partial charge in [0.2, 0.25) is 5.91 Å². The van der Waals surface area contributed by atoms with Crippen LogP contribution in [0.1, 0.15) is 32.3 Å². The van der Waals surface area contributed by atoms with Gasteiger partial charge in [-0.15, -0.1) is 0 Å². The van der Waals surface area contributed by atoms with Gasteiger partial charge in [-0.2, -0.15) is 0 Å². The molecule has 1 spiro atoms. The van der Waals surface area contributed by atoms with Gasteiger partial charge in [0, 0.05) is 25.6 Å². The number of rotatable bonds is 7. The maximum atomic E-state index is 12.9. The largest absolute Gasteiger partial charge is 0.490 e. The Labute approximate surface area is 161 Å². The Hall–Kier alpha value is -1.79. The predicted octanol–water partition coefficient (Wildman–Crippen LogP) is 1.85. The second-order valence-electron chi connectivity index (χ2n) is 7.59. The molecule has 2 saturated heterocycles. The first-order valence-corrected chi connectivity index (χ1v) is 10.1. The molecule has 6 heteroatoms. The Bertz CT molecular complexity index is 643. The number of hydrogen-bond acceptors (Lipinski definition) is 5. The number of hydrogen-bond donors (Lipinski definition) is 2. The molecule has 1 aromatic rings. The van der Waals surface area contributed by atoms with Gasteiger partial charge in [0.1, 0.15) is 0 Å². The molecule has 2 heterocycles. The third kappa shape index (κ3) is 4.38. The number of nitrogens with one attached hydrogen (secondary N) is 1. The van der Waals surface area contributed by atoms with Crippen LogP contribution in [0.3, 0.4) is 0 Å². The maximum absolute atomic E-state index is 12.9. The molecule has 1 unspecified atom stereocenters. The fourth-order valence-corrected chi connectivity index (χ4v) is 4.46. The smallest absolute Gasteiger partial charge is 0.227 e. The summed E-state index contributed by atoms with van der Waals surface area (Å²) < 4.78 is 11.3. The standard InChI is InChI=1S/C21H32N2O4/c1-3-26-18-6-5-16(11-19(18)27-4-2)12-20(25)23-13-17(14-24)21(15-23)7-9-22-10-8-21/h5-6,11,17,22,24H,3-4,7-10,12-15H2,1-2H3. The van der Waals surface area contributed by atoms with Crippen LogP contribution in [0, 0.1) is 11.3 Å². The maximum Gasteiger partial charge on any atom is 0.227 e. The Kier molecular flexibility index (Phi) is 6.60. The normalized spacial score (nSPS) is 21.4. The summed E-state index contributed by atoms with van der Waals surface area (Å²) in [6.45, 7) is 8.51. The molecule has 2 aliphatic heterocycles. The highest BCUT2D eigenvalue weighted by molar-refractivity contribution is 5.79. The number of benzene rings is 1. The van der Waals surface area contributed by atoms with Gasteiger partial charge in [-0.3, -0.25) is 4.79 Å². The summed E-state index contributed by atoms with van der Waals surface area (Å²) in [7, 11) is 0. The molecule has 27 heavy (non-hydrogen) atoms. The van der Waals surface area contributed by atoms with Gasteiger partial charge < -0.3 is 24.8 Å². The fourth-order valence-electron chi connectivity index (χ4n) is 4.46. The van der Waals surface area contributed by atoms with Crippen molar-refractivity contribution in [3.63, 3.8) is 0 Å². The monoisotopic (exact) mass is 376 g/mol. The minimum Gasteiger partial charge on any atom is -0.490 e. The van der Waals surface area contributed by atoms with Crippen molar-refractivity contribution < 1.29 is 19.4 Å². The van der Waals surface area contributed by atoms with Crippen LogP contribution >= 0.6 is 0 Å². The van der Waals surface area contributed by atoms with E-state index in [2.05, 4.69) is 5.32 Å². The number of likely N-dealkylation sites (tertiary alicyclic amines) is 1. The van der Waals surface area contributed by atoms with Gasteiger partial charge in [-0.25, -0.2) is 0 Å². The first-order valence-electron chi connectivity index (χ1n) is 10.1. The van der Waals surface area contributed by atoms with E-state index in [1.165, 1.54) is 0 Å². The summed E-state index contributed by atoms with van der Waals surface area (Å²) in [5.41, 5.74) is 1.00. The van der Waals surface area contributed by atoms with Crippen molar-refractivity contribution in [2.24, 2.45) is 11.3 Å². The molecule has 0 aliphatic carbocycles. The van der Waals surface area contributed by atoms with Crippen molar-refractivity contribution in [3.05, 3.63) is 23.8 Å². The van der Waals surface area contributed by atoms with Crippen molar-refractivity contribution in [1.29, 1.82) is 0 Å². The highest BCUT2D eigenvalue weighted by atomic mass is 16.5. The van der Waals surface area contributed by atoms with E-state index in [1.54, 1.807) is 0 Å². The molecule has 1 atom stereocenters. The van der Waals surface area contributed by atoms with E-state index >= 15 is 0 Å². The molecule has 2 fully saturated rings. The zero-order chi connectivity index (χ0) is 19.3. The molecule has 0 radical (unpaired) electrons. The molecule has 2 aliphatic rings. The molecule has 3 rings (SSSR count). The van der Waals surface area contributed by atoms with Crippen LogP contribution in [0.5, 0.6) is 11.5 Å². The molecule has 1 amide bonds. The minimum absolute atomic E-state index is 0.0744. The van der Waals surface area contributed by atoms with E-state index in [0.29, 0.717) is 37.7 Å². The van der Waals surface area contributed by atoms with E-state index in [-0.39, 0.29) is 23.8 Å². The first kappa shape index (κ1) is 20.0. The summed E-state index contributed by atoms with van der Waals surface area (Å²) >= 11 is 0. The minimum atomic E-state index is 0.0744. The zero-order valence-corrected chi connectivity index (χ0v) is 16.5. The fraction of sp³-hybridized carbons (Fsp3) is 0.667. The van der Waals surface area contributed by atoms with Crippen molar-refractivity contribution in [3.8, 4) is 11.5 Å². The number of aliphatic hydroxyl groups excluding tert-OH is 1. The number of ether oxygens (including phenoxy) is 2. The van der Waals surface area contributed by atoms with Crippen LogP contribution in [0.15, 0.2) is 18.2 Å². The van der Waals surface area contributed by atoms with Crippen molar-refractivity contribution >= 4 is 5.91 Å². The Morgan fingerprint density at radius 3 is 2.59 bits per heavy atom. The lowest BCUT2D eigenvalue weighted by molar-refractivity contribution is -0.130. The number of carbonyl (C=O) groups is 1. The highest BCUT2D eigenvalue weighted by Crippen LogP contribution is 2.43. The van der Waals surface area contributed by atoms with Crippen molar-refractivity contribution in [2.45, 2.75) is 33.1 Å². The van der Waals surface area contributed by atoms with Gasteiger partial charge in [0.25, 0.3) is 0 Å². The molecule has 2 N–H and O–H groups in total. The van der Waals surface area contributed by atoms with Crippen LogP contribution in [0.2, 0.25) is 0 Å². The molecule has 6 nitrogen and oxygen atoms in total. The molecule has 150 valence electrons. The molecule has 0 saturated carbocycles.